The molecule has 2 aliphatic rings. The molecular weight excluding hydrogens is 387 g/mol. The first-order chi connectivity index (χ1) is 13.3. The summed E-state index contributed by atoms with van der Waals surface area (Å²) in [6, 6.07) is 12.7. The highest BCUT2D eigenvalue weighted by molar-refractivity contribution is 7.48. The zero-order valence-electron chi connectivity index (χ0n) is 15.0. The molecule has 2 aliphatic heterocycles. The van der Waals surface area contributed by atoms with E-state index < -0.39 is 30.8 Å². The fraction of sp³-hybridized carbons (Fsp3) is 0.222. The Labute approximate surface area is 160 Å². The molecule has 0 fully saturated rings. The Bertz CT molecular complexity index is 1030. The summed E-state index contributed by atoms with van der Waals surface area (Å²) in [6.07, 6.45) is 0. The van der Waals surface area contributed by atoms with Crippen LogP contribution in [0.1, 0.15) is 11.1 Å². The zero-order valence-corrected chi connectivity index (χ0v) is 15.9. The minimum absolute atomic E-state index is 0.102. The molecular formula is C18H17N2O7P. The molecule has 3 N–H and O–H groups in total. The van der Waals surface area contributed by atoms with Crippen molar-refractivity contribution in [2.24, 2.45) is 0 Å². The molecule has 2 aromatic carbocycles. The average Bonchev–Trinajstić information content (AvgIpc) is 3.14. The number of hydrogen-bond acceptors (Lipinski definition) is 7. The largest absolute Gasteiger partial charge is 0.475 e. The number of hydrogen-bond donors (Lipinski definition) is 3. The summed E-state index contributed by atoms with van der Waals surface area (Å²) in [4.78, 5) is 26.2. The van der Waals surface area contributed by atoms with E-state index in [2.05, 4.69) is 10.6 Å². The molecule has 0 aromatic heterocycles. The monoisotopic (exact) mass is 404 g/mol. The first-order valence-electron chi connectivity index (χ1n) is 8.29. The van der Waals surface area contributed by atoms with Crippen LogP contribution in [0.25, 0.3) is 0 Å². The van der Waals surface area contributed by atoms with E-state index in [0.29, 0.717) is 11.4 Å². The van der Waals surface area contributed by atoms with Crippen molar-refractivity contribution in [2.75, 3.05) is 24.9 Å². The molecule has 0 saturated carbocycles. The van der Waals surface area contributed by atoms with Crippen molar-refractivity contribution in [3.05, 3.63) is 59.7 Å². The van der Waals surface area contributed by atoms with E-state index in [1.807, 2.05) is 0 Å². The van der Waals surface area contributed by atoms with Crippen molar-refractivity contribution >= 4 is 31.0 Å². The number of benzene rings is 2. The van der Waals surface area contributed by atoms with Gasteiger partial charge in [-0.3, -0.25) is 23.2 Å². The molecule has 2 heterocycles. The van der Waals surface area contributed by atoms with Gasteiger partial charge < -0.3 is 15.7 Å². The molecule has 10 heteroatoms. The van der Waals surface area contributed by atoms with Crippen molar-refractivity contribution < 1.29 is 32.8 Å². The van der Waals surface area contributed by atoms with Gasteiger partial charge in [0.2, 0.25) is 11.2 Å². The van der Waals surface area contributed by atoms with Crippen molar-refractivity contribution in [1.82, 2.24) is 0 Å². The molecule has 146 valence electrons. The van der Waals surface area contributed by atoms with Gasteiger partial charge in [0.1, 0.15) is 0 Å². The summed E-state index contributed by atoms with van der Waals surface area (Å²) < 4.78 is 28.2. The second kappa shape index (κ2) is 6.23. The number of phosphoric ester groups is 1. The molecule has 0 unspecified atom stereocenters. The van der Waals surface area contributed by atoms with Crippen LogP contribution in [0.2, 0.25) is 0 Å². The summed E-state index contributed by atoms with van der Waals surface area (Å²) in [6.45, 7) is 0. The number of carbonyl (C=O) groups excluding carboxylic acids is 2. The van der Waals surface area contributed by atoms with Crippen LogP contribution in [0.15, 0.2) is 48.5 Å². The molecule has 0 radical (unpaired) electrons. The topological polar surface area (TPSA) is 123 Å². The lowest BCUT2D eigenvalue weighted by Crippen LogP contribution is -2.58. The Hall–Kier alpha value is -2.55. The van der Waals surface area contributed by atoms with Crippen molar-refractivity contribution in [3.63, 3.8) is 0 Å². The van der Waals surface area contributed by atoms with E-state index in [-0.39, 0.29) is 11.1 Å². The summed E-state index contributed by atoms with van der Waals surface area (Å²) in [7, 11) is -2.18. The van der Waals surface area contributed by atoms with Gasteiger partial charge in [-0.15, -0.1) is 0 Å². The maximum Gasteiger partial charge on any atom is 0.475 e. The van der Waals surface area contributed by atoms with E-state index in [0.717, 1.165) is 14.2 Å². The highest BCUT2D eigenvalue weighted by Crippen LogP contribution is 2.62. The van der Waals surface area contributed by atoms with Crippen LogP contribution in [0.3, 0.4) is 0 Å². The van der Waals surface area contributed by atoms with Gasteiger partial charge in [-0.2, -0.15) is 0 Å². The summed E-state index contributed by atoms with van der Waals surface area (Å²) >= 11 is 0. The third-order valence-corrected chi connectivity index (χ3v) is 6.37. The van der Waals surface area contributed by atoms with Gasteiger partial charge in [0.05, 0.1) is 0 Å². The second-order valence-electron chi connectivity index (χ2n) is 6.29. The van der Waals surface area contributed by atoms with Crippen LogP contribution in [0.4, 0.5) is 11.4 Å². The van der Waals surface area contributed by atoms with Gasteiger partial charge in [0.25, 0.3) is 11.8 Å². The standard InChI is InChI=1S/C18H17N2O7P/c1-25-28(24,26-2)27-18(12-8-4-6-10-14(12)20-16(18)22)17(23)11-7-3-5-9-13(11)19-15(17)21/h3-10,23H,1-2H3,(H,19,21)(H,20,22)/t17-,18-/m1/s1. The van der Waals surface area contributed by atoms with E-state index >= 15 is 0 Å². The number of phosphoric acid groups is 1. The van der Waals surface area contributed by atoms with Crippen molar-refractivity contribution in [2.45, 2.75) is 11.2 Å². The normalized spacial score (nSPS) is 25.8. The fourth-order valence-electron chi connectivity index (χ4n) is 3.66. The summed E-state index contributed by atoms with van der Waals surface area (Å²) in [5, 5.41) is 16.8. The maximum absolute atomic E-state index is 13.2. The van der Waals surface area contributed by atoms with Crippen LogP contribution < -0.4 is 10.6 Å². The van der Waals surface area contributed by atoms with Gasteiger partial charge in [0, 0.05) is 36.7 Å². The number of anilines is 2. The van der Waals surface area contributed by atoms with Gasteiger partial charge in [-0.25, -0.2) is 4.57 Å². The van der Waals surface area contributed by atoms with Crippen LogP contribution in [0.5, 0.6) is 0 Å². The first-order valence-corrected chi connectivity index (χ1v) is 9.75. The molecule has 0 spiro atoms. The number of para-hydroxylation sites is 2. The molecule has 0 aliphatic carbocycles. The number of fused-ring (bicyclic) bond motifs is 2. The molecule has 2 atom stereocenters. The van der Waals surface area contributed by atoms with Crippen LogP contribution >= 0.6 is 7.82 Å². The Morgan fingerprint density at radius 2 is 1.36 bits per heavy atom. The molecule has 0 bridgehead atoms. The van der Waals surface area contributed by atoms with E-state index in [1.54, 1.807) is 36.4 Å². The van der Waals surface area contributed by atoms with E-state index in [9.17, 15) is 19.3 Å². The van der Waals surface area contributed by atoms with Crippen molar-refractivity contribution in [3.8, 4) is 0 Å². The second-order valence-corrected chi connectivity index (χ2v) is 8.10. The van der Waals surface area contributed by atoms with Crippen molar-refractivity contribution in [1.29, 1.82) is 0 Å². The maximum atomic E-state index is 13.2. The highest BCUT2D eigenvalue weighted by Gasteiger charge is 2.71. The van der Waals surface area contributed by atoms with E-state index in [4.69, 9.17) is 13.6 Å². The lowest BCUT2D eigenvalue weighted by molar-refractivity contribution is -0.178. The summed E-state index contributed by atoms with van der Waals surface area (Å²) in [5.74, 6) is -1.78. The number of aliphatic hydroxyl groups is 1. The smallest absolute Gasteiger partial charge is 0.372 e. The number of carbonyl (C=O) groups is 2. The molecule has 9 nitrogen and oxygen atoms in total. The molecule has 28 heavy (non-hydrogen) atoms. The zero-order chi connectivity index (χ0) is 20.2. The predicted octanol–water partition coefficient (Wildman–Crippen LogP) is 2.09. The minimum Gasteiger partial charge on any atom is -0.372 e. The number of rotatable bonds is 5. The lowest BCUT2D eigenvalue weighted by Gasteiger charge is -2.39. The molecule has 2 amide bonds. The van der Waals surface area contributed by atoms with Crippen LogP contribution in [-0.2, 0) is 38.9 Å². The molecule has 4 rings (SSSR count). The predicted molar refractivity (Wildman–Crippen MR) is 98.4 cm³/mol. The quantitative estimate of drug-likeness (QED) is 0.652. The van der Waals surface area contributed by atoms with Gasteiger partial charge >= 0.3 is 7.82 Å². The summed E-state index contributed by atoms with van der Waals surface area (Å²) in [5.41, 5.74) is -4.11. The molecule has 0 saturated heterocycles. The number of amides is 2. The lowest BCUT2D eigenvalue weighted by atomic mass is 9.74. The average molecular weight is 404 g/mol. The Morgan fingerprint density at radius 1 is 0.857 bits per heavy atom. The molecule has 2 aromatic rings. The first kappa shape index (κ1) is 18.8. The SMILES string of the molecule is COP(=O)(OC)O[C@@]1([C@]2(O)C(=O)Nc3ccccc32)C(=O)Nc2ccccc21. The van der Waals surface area contributed by atoms with Crippen LogP contribution in [0, 0.1) is 0 Å². The van der Waals surface area contributed by atoms with Gasteiger partial charge in [0.15, 0.2) is 0 Å². The Kier molecular flexibility index (Phi) is 4.18. The highest BCUT2D eigenvalue weighted by atomic mass is 31.2. The number of nitrogens with one attached hydrogen (secondary N) is 2. The Balaban J connectivity index is 2.05. The van der Waals surface area contributed by atoms with Crippen LogP contribution in [-0.4, -0.2) is 31.1 Å². The van der Waals surface area contributed by atoms with Gasteiger partial charge in [-0.05, 0) is 12.1 Å². The minimum atomic E-state index is -4.32. The van der Waals surface area contributed by atoms with Gasteiger partial charge in [-0.1, -0.05) is 36.4 Å². The fourth-order valence-corrected chi connectivity index (χ4v) is 4.60. The van der Waals surface area contributed by atoms with E-state index in [1.165, 1.54) is 12.1 Å². The third kappa shape index (κ3) is 2.25. The Morgan fingerprint density at radius 3 is 1.96 bits per heavy atom. The third-order valence-electron chi connectivity index (χ3n) is 4.97.